The van der Waals surface area contributed by atoms with E-state index in [0.717, 1.165) is 52.9 Å². The van der Waals surface area contributed by atoms with Crippen molar-refractivity contribution in [3.8, 4) is 89.0 Å². The maximum Gasteiger partial charge on any atom is 0.252 e. The van der Waals surface area contributed by atoms with Crippen LogP contribution in [0.4, 0.5) is 34.1 Å². The van der Waals surface area contributed by atoms with E-state index in [-0.39, 0.29) is 6.71 Å². The summed E-state index contributed by atoms with van der Waals surface area (Å²) in [6.07, 6.45) is 3.06. The minimum absolute atomic E-state index is 0.164. The number of hydrogen-bond acceptors (Lipinski definition) is 2. The van der Waals surface area contributed by atoms with Crippen molar-refractivity contribution in [1.29, 1.82) is 0 Å². The lowest BCUT2D eigenvalue weighted by molar-refractivity contribution is 0.795. The smallest absolute Gasteiger partial charge is 0.252 e. The predicted octanol–water partition coefficient (Wildman–Crippen LogP) is 20.4. The van der Waals surface area contributed by atoms with Crippen LogP contribution in [0.1, 0.15) is 25.3 Å². The largest absolute Gasteiger partial charge is 0.310 e. The molecule has 15 rings (SSSR count). The van der Waals surface area contributed by atoms with Gasteiger partial charge >= 0.3 is 0 Å². The zero-order valence-corrected chi connectivity index (χ0v) is 47.6. The van der Waals surface area contributed by atoms with Gasteiger partial charge in [-0.1, -0.05) is 280 Å². The van der Waals surface area contributed by atoms with Crippen LogP contribution in [-0.4, -0.2) is 6.71 Å². The highest BCUT2D eigenvalue weighted by atomic mass is 15.2. The maximum absolute atomic E-state index is 2.69. The summed E-state index contributed by atoms with van der Waals surface area (Å²) < 4.78 is 0. The zero-order valence-electron chi connectivity index (χ0n) is 47.6. The summed E-state index contributed by atoms with van der Waals surface area (Å²) in [4.78, 5) is 5.38. The number of anilines is 6. The Morgan fingerprint density at radius 3 is 0.835 bits per heavy atom. The summed E-state index contributed by atoms with van der Waals surface area (Å²) in [6.45, 7) is 2.15. The molecule has 0 saturated heterocycles. The maximum atomic E-state index is 2.69. The third-order valence-corrected chi connectivity index (χ3v) is 17.4. The molecule has 85 heavy (non-hydrogen) atoms. The van der Waals surface area contributed by atoms with Crippen LogP contribution < -0.4 is 26.2 Å². The Morgan fingerprint density at radius 2 is 0.541 bits per heavy atom. The second-order valence-electron chi connectivity index (χ2n) is 22.6. The highest BCUT2D eigenvalue weighted by Gasteiger charge is 2.45. The molecule has 2 aliphatic rings. The Labute approximate surface area is 500 Å². The fourth-order valence-corrected chi connectivity index (χ4v) is 13.4. The molecule has 2 heterocycles. The topological polar surface area (TPSA) is 6.48 Å². The van der Waals surface area contributed by atoms with Crippen LogP contribution in [0.25, 0.3) is 89.0 Å². The molecular formula is C82H61BN2. The number of nitrogens with zero attached hydrogens (tertiary/aromatic N) is 2. The summed E-state index contributed by atoms with van der Waals surface area (Å²) in [6, 6.07) is 118. The van der Waals surface area contributed by atoms with Gasteiger partial charge in [-0.2, -0.15) is 0 Å². The number of rotatable bonds is 13. The molecule has 13 aromatic rings. The van der Waals surface area contributed by atoms with Crippen LogP contribution in [0.15, 0.2) is 315 Å². The first kappa shape index (κ1) is 51.4. The minimum atomic E-state index is -0.164. The molecule has 402 valence electrons. The lowest BCUT2D eigenvalue weighted by atomic mass is 9.33. The fraction of sp³-hybridized carbons (Fsp3) is 0.0488. The van der Waals surface area contributed by atoms with Crippen LogP contribution in [0, 0.1) is 0 Å². The SMILES string of the molecule is CCCCc1cc2c3c(c1)N(c1c(-c4ccccc4)cc(-c4ccccc4)cc1-c1ccccc1)c1ccc(-c4ccccc4)cc1B3c1cc(-c3ccccc3)ccc1N2c1c(-c2ccccc2)cc(-c2ccccc2)cc1-c1ccccc1. The van der Waals surface area contributed by atoms with Gasteiger partial charge < -0.3 is 9.80 Å². The average molecular weight is 1090 g/mol. The van der Waals surface area contributed by atoms with Gasteiger partial charge in [-0.05, 0) is 150 Å². The van der Waals surface area contributed by atoms with Crippen molar-refractivity contribution in [3.63, 3.8) is 0 Å². The van der Waals surface area contributed by atoms with Gasteiger partial charge in [-0.3, -0.25) is 0 Å². The minimum Gasteiger partial charge on any atom is -0.310 e. The van der Waals surface area contributed by atoms with Gasteiger partial charge in [0.1, 0.15) is 0 Å². The third kappa shape index (κ3) is 9.45. The molecule has 13 aromatic carbocycles. The van der Waals surface area contributed by atoms with Crippen LogP contribution in [0.5, 0.6) is 0 Å². The van der Waals surface area contributed by atoms with Gasteiger partial charge in [0.2, 0.25) is 0 Å². The fourth-order valence-electron chi connectivity index (χ4n) is 13.4. The Kier molecular flexibility index (Phi) is 13.5. The van der Waals surface area contributed by atoms with Crippen molar-refractivity contribution in [3.05, 3.63) is 321 Å². The molecule has 0 aromatic heterocycles. The molecule has 0 atom stereocenters. The molecule has 0 spiro atoms. The van der Waals surface area contributed by atoms with Gasteiger partial charge in [0.25, 0.3) is 6.71 Å². The van der Waals surface area contributed by atoms with E-state index in [2.05, 4.69) is 332 Å². The molecule has 0 saturated carbocycles. The summed E-state index contributed by atoms with van der Waals surface area (Å²) in [5.41, 5.74) is 30.9. The van der Waals surface area contributed by atoms with Gasteiger partial charge in [-0.15, -0.1) is 0 Å². The van der Waals surface area contributed by atoms with Gasteiger partial charge in [0.15, 0.2) is 0 Å². The third-order valence-electron chi connectivity index (χ3n) is 17.4. The van der Waals surface area contributed by atoms with Crippen LogP contribution in [0.2, 0.25) is 0 Å². The lowest BCUT2D eigenvalue weighted by Gasteiger charge is -2.46. The van der Waals surface area contributed by atoms with E-state index < -0.39 is 0 Å². The molecule has 0 bridgehead atoms. The van der Waals surface area contributed by atoms with E-state index in [0.29, 0.717) is 0 Å². The molecule has 0 fully saturated rings. The van der Waals surface area contributed by atoms with Crippen LogP contribution in [0.3, 0.4) is 0 Å². The highest BCUT2D eigenvalue weighted by Crippen LogP contribution is 2.54. The molecule has 2 nitrogen and oxygen atoms in total. The molecule has 2 aliphatic heterocycles. The second-order valence-corrected chi connectivity index (χ2v) is 22.6. The van der Waals surface area contributed by atoms with Crippen LogP contribution >= 0.6 is 0 Å². The van der Waals surface area contributed by atoms with Crippen molar-refractivity contribution < 1.29 is 0 Å². The number of aryl methyl sites for hydroxylation is 1. The van der Waals surface area contributed by atoms with Crippen LogP contribution in [-0.2, 0) is 6.42 Å². The molecule has 0 unspecified atom stereocenters. The van der Waals surface area contributed by atoms with Gasteiger partial charge in [0.05, 0.1) is 11.4 Å². The highest BCUT2D eigenvalue weighted by molar-refractivity contribution is 7.00. The normalized spacial score (nSPS) is 12.1. The number of benzene rings is 13. The summed E-state index contributed by atoms with van der Waals surface area (Å²) in [7, 11) is 0. The van der Waals surface area contributed by atoms with Gasteiger partial charge in [-0.25, -0.2) is 0 Å². The number of fused-ring (bicyclic) bond motifs is 4. The van der Waals surface area contributed by atoms with E-state index >= 15 is 0 Å². The van der Waals surface area contributed by atoms with Crippen molar-refractivity contribution in [2.75, 3.05) is 9.80 Å². The quantitative estimate of drug-likeness (QED) is 0.106. The first-order chi connectivity index (χ1) is 42.1. The molecule has 0 aliphatic carbocycles. The van der Waals surface area contributed by atoms with E-state index in [1.165, 1.54) is 111 Å². The van der Waals surface area contributed by atoms with Gasteiger partial charge in [0, 0.05) is 45.0 Å². The summed E-state index contributed by atoms with van der Waals surface area (Å²) in [5.74, 6) is 0. The summed E-state index contributed by atoms with van der Waals surface area (Å²) in [5, 5.41) is 0. The predicted molar refractivity (Wildman–Crippen MR) is 363 cm³/mol. The van der Waals surface area contributed by atoms with E-state index in [9.17, 15) is 0 Å². The van der Waals surface area contributed by atoms with Crippen molar-refractivity contribution >= 4 is 57.2 Å². The monoisotopic (exact) mass is 1080 g/mol. The first-order valence-corrected chi connectivity index (χ1v) is 30.0. The Hall–Kier alpha value is -10.5. The number of hydrogen-bond donors (Lipinski definition) is 0. The second kappa shape index (κ2) is 22.4. The molecule has 0 amide bonds. The zero-order chi connectivity index (χ0) is 56.6. The Bertz CT molecular complexity index is 4130. The first-order valence-electron chi connectivity index (χ1n) is 30.0. The van der Waals surface area contributed by atoms with Crippen molar-refractivity contribution in [1.82, 2.24) is 0 Å². The summed E-state index contributed by atoms with van der Waals surface area (Å²) >= 11 is 0. The molecule has 0 radical (unpaired) electrons. The number of unbranched alkanes of at least 4 members (excludes halogenated alkanes) is 1. The van der Waals surface area contributed by atoms with Crippen molar-refractivity contribution in [2.24, 2.45) is 0 Å². The molecular weight excluding hydrogens is 1020 g/mol. The lowest BCUT2D eigenvalue weighted by Crippen LogP contribution is -2.61. The van der Waals surface area contributed by atoms with E-state index in [1.54, 1.807) is 0 Å². The molecule has 3 heteroatoms. The Balaban J connectivity index is 1.12. The van der Waals surface area contributed by atoms with E-state index in [1.807, 2.05) is 0 Å². The van der Waals surface area contributed by atoms with Crippen molar-refractivity contribution in [2.45, 2.75) is 26.2 Å². The average Bonchev–Trinajstić information content (AvgIpc) is 0.847. The van der Waals surface area contributed by atoms with E-state index in [4.69, 9.17) is 0 Å². The molecule has 0 N–H and O–H groups in total. The standard InChI is InChI=1S/C82H61BN2/c1-2-3-28-57-49-78-80-79(50-57)85(82-72(64-41-24-10-25-42-64)53-69(61-35-18-7-19-36-61)54-73(82)65-43-26-11-27-44-65)77-48-46-67(59-31-14-5-15-32-59)56-75(77)83(80)74-55-66(58-29-12-4-13-30-58)45-47-76(74)84(78)81-70(62-37-20-8-21-38-62)51-68(60-33-16-6-17-34-60)52-71(81)63-39-22-9-23-40-63/h4-27,29-56H,2-3,28H2,1H3. The Morgan fingerprint density at radius 1 is 0.259 bits per heavy atom.